The number of nitrogens with zero attached hydrogens (tertiary/aromatic N) is 1. The van der Waals surface area contributed by atoms with Crippen LogP contribution < -0.4 is 11.1 Å². The van der Waals surface area contributed by atoms with Crippen molar-refractivity contribution in [1.82, 2.24) is 10.5 Å². The molecular weight excluding hydrogens is 166 g/mol. The van der Waals surface area contributed by atoms with Crippen molar-refractivity contribution in [2.45, 2.75) is 25.3 Å². The predicted octanol–water partition coefficient (Wildman–Crippen LogP) is 0.600. The van der Waals surface area contributed by atoms with Crippen LogP contribution in [0, 0.1) is 0 Å². The molecule has 0 bridgehead atoms. The van der Waals surface area contributed by atoms with Crippen molar-refractivity contribution in [1.29, 1.82) is 0 Å². The van der Waals surface area contributed by atoms with E-state index in [0.29, 0.717) is 12.5 Å². The Kier molecular flexibility index (Phi) is 2.61. The number of rotatable bonds is 2. The van der Waals surface area contributed by atoms with Gasteiger partial charge in [0.25, 0.3) is 0 Å². The average molecular weight is 181 g/mol. The molecule has 0 aromatic carbocycles. The third-order valence-electron chi connectivity index (χ3n) is 2.61. The van der Waals surface area contributed by atoms with E-state index in [2.05, 4.69) is 10.5 Å². The van der Waals surface area contributed by atoms with Gasteiger partial charge in [0.1, 0.15) is 5.76 Å². The molecule has 0 atom stereocenters. The highest BCUT2D eigenvalue weighted by Crippen LogP contribution is 2.27. The first kappa shape index (κ1) is 8.72. The van der Waals surface area contributed by atoms with Crippen LogP contribution in [0.2, 0.25) is 0 Å². The van der Waals surface area contributed by atoms with Gasteiger partial charge in [-0.25, -0.2) is 0 Å². The highest BCUT2D eigenvalue weighted by molar-refractivity contribution is 5.17. The van der Waals surface area contributed by atoms with E-state index in [1.165, 1.54) is 0 Å². The summed E-state index contributed by atoms with van der Waals surface area (Å²) in [7, 11) is 0. The lowest BCUT2D eigenvalue weighted by Gasteiger charge is -2.20. The first-order chi connectivity index (χ1) is 6.42. The van der Waals surface area contributed by atoms with Crippen LogP contribution >= 0.6 is 0 Å². The molecule has 0 amide bonds. The SMILES string of the molecule is NCc1cnoc1C1CCNCC1. The van der Waals surface area contributed by atoms with Crippen molar-refractivity contribution in [2.24, 2.45) is 5.73 Å². The summed E-state index contributed by atoms with van der Waals surface area (Å²) >= 11 is 0. The molecule has 1 aliphatic heterocycles. The first-order valence-electron chi connectivity index (χ1n) is 4.76. The van der Waals surface area contributed by atoms with Crippen molar-refractivity contribution in [3.8, 4) is 0 Å². The van der Waals surface area contributed by atoms with Gasteiger partial charge in [0.2, 0.25) is 0 Å². The summed E-state index contributed by atoms with van der Waals surface area (Å²) in [4.78, 5) is 0. The zero-order chi connectivity index (χ0) is 9.10. The second-order valence-electron chi connectivity index (χ2n) is 3.44. The highest BCUT2D eigenvalue weighted by atomic mass is 16.5. The lowest BCUT2D eigenvalue weighted by molar-refractivity contribution is 0.325. The van der Waals surface area contributed by atoms with Crippen molar-refractivity contribution < 1.29 is 4.52 Å². The number of aromatic nitrogens is 1. The molecule has 1 aliphatic rings. The number of piperidine rings is 1. The Morgan fingerprint density at radius 3 is 3.00 bits per heavy atom. The van der Waals surface area contributed by atoms with Crippen molar-refractivity contribution in [2.75, 3.05) is 13.1 Å². The molecule has 4 nitrogen and oxygen atoms in total. The summed E-state index contributed by atoms with van der Waals surface area (Å²) in [5, 5.41) is 7.11. The van der Waals surface area contributed by atoms with Crippen molar-refractivity contribution >= 4 is 0 Å². The van der Waals surface area contributed by atoms with E-state index in [1.807, 2.05) is 0 Å². The van der Waals surface area contributed by atoms with Crippen LogP contribution in [0.4, 0.5) is 0 Å². The maximum atomic E-state index is 5.59. The molecule has 13 heavy (non-hydrogen) atoms. The third-order valence-corrected chi connectivity index (χ3v) is 2.61. The fourth-order valence-electron chi connectivity index (χ4n) is 1.84. The molecule has 0 unspecified atom stereocenters. The molecule has 0 saturated carbocycles. The van der Waals surface area contributed by atoms with Crippen LogP contribution in [0.3, 0.4) is 0 Å². The van der Waals surface area contributed by atoms with Gasteiger partial charge in [0, 0.05) is 18.0 Å². The Morgan fingerprint density at radius 2 is 2.31 bits per heavy atom. The van der Waals surface area contributed by atoms with Gasteiger partial charge < -0.3 is 15.6 Å². The van der Waals surface area contributed by atoms with Gasteiger partial charge >= 0.3 is 0 Å². The normalized spacial score (nSPS) is 19.2. The largest absolute Gasteiger partial charge is 0.361 e. The van der Waals surface area contributed by atoms with E-state index < -0.39 is 0 Å². The summed E-state index contributed by atoms with van der Waals surface area (Å²) in [5.41, 5.74) is 6.65. The summed E-state index contributed by atoms with van der Waals surface area (Å²) < 4.78 is 5.24. The zero-order valence-corrected chi connectivity index (χ0v) is 7.62. The Morgan fingerprint density at radius 1 is 1.54 bits per heavy atom. The fourth-order valence-corrected chi connectivity index (χ4v) is 1.84. The molecular formula is C9H15N3O. The lowest BCUT2D eigenvalue weighted by atomic mass is 9.93. The van der Waals surface area contributed by atoms with Crippen LogP contribution in [0.1, 0.15) is 30.1 Å². The van der Waals surface area contributed by atoms with Gasteiger partial charge in [-0.15, -0.1) is 0 Å². The molecule has 1 saturated heterocycles. The van der Waals surface area contributed by atoms with Crippen LogP contribution in [0.15, 0.2) is 10.7 Å². The van der Waals surface area contributed by atoms with Crippen LogP contribution in [0.25, 0.3) is 0 Å². The first-order valence-corrected chi connectivity index (χ1v) is 4.76. The molecule has 1 aromatic rings. The Labute approximate surface area is 77.5 Å². The highest BCUT2D eigenvalue weighted by Gasteiger charge is 2.21. The quantitative estimate of drug-likeness (QED) is 0.701. The number of hydrogen-bond acceptors (Lipinski definition) is 4. The van der Waals surface area contributed by atoms with E-state index in [9.17, 15) is 0 Å². The third kappa shape index (κ3) is 1.73. The number of nitrogens with two attached hydrogens (primary N) is 1. The molecule has 1 aromatic heterocycles. The molecule has 3 N–H and O–H groups in total. The fraction of sp³-hybridized carbons (Fsp3) is 0.667. The topological polar surface area (TPSA) is 64.1 Å². The smallest absolute Gasteiger partial charge is 0.144 e. The second kappa shape index (κ2) is 3.89. The van der Waals surface area contributed by atoms with Crippen LogP contribution in [-0.4, -0.2) is 18.2 Å². The molecule has 0 aliphatic carbocycles. The van der Waals surface area contributed by atoms with Gasteiger partial charge in [0.15, 0.2) is 0 Å². The maximum Gasteiger partial charge on any atom is 0.144 e. The van der Waals surface area contributed by atoms with Gasteiger partial charge in [0.05, 0.1) is 6.20 Å². The summed E-state index contributed by atoms with van der Waals surface area (Å²) in [6.45, 7) is 2.66. The van der Waals surface area contributed by atoms with E-state index in [4.69, 9.17) is 10.3 Å². The summed E-state index contributed by atoms with van der Waals surface area (Å²) in [6, 6.07) is 0. The van der Waals surface area contributed by atoms with Crippen molar-refractivity contribution in [3.05, 3.63) is 17.5 Å². The molecule has 4 heteroatoms. The molecule has 72 valence electrons. The Hall–Kier alpha value is -0.870. The van der Waals surface area contributed by atoms with E-state index in [1.54, 1.807) is 6.20 Å². The lowest BCUT2D eigenvalue weighted by Crippen LogP contribution is -2.27. The Bertz CT molecular complexity index is 266. The molecule has 0 spiro atoms. The number of nitrogens with one attached hydrogen (secondary N) is 1. The van der Waals surface area contributed by atoms with E-state index in [-0.39, 0.29) is 0 Å². The molecule has 2 heterocycles. The Balaban J connectivity index is 2.13. The van der Waals surface area contributed by atoms with Crippen LogP contribution in [-0.2, 0) is 6.54 Å². The maximum absolute atomic E-state index is 5.59. The number of hydrogen-bond donors (Lipinski definition) is 2. The van der Waals surface area contributed by atoms with Gasteiger partial charge in [-0.05, 0) is 25.9 Å². The molecule has 2 rings (SSSR count). The van der Waals surface area contributed by atoms with Gasteiger partial charge in [-0.1, -0.05) is 5.16 Å². The zero-order valence-electron chi connectivity index (χ0n) is 7.62. The predicted molar refractivity (Wildman–Crippen MR) is 49.2 cm³/mol. The van der Waals surface area contributed by atoms with E-state index in [0.717, 1.165) is 37.3 Å². The van der Waals surface area contributed by atoms with E-state index >= 15 is 0 Å². The minimum Gasteiger partial charge on any atom is -0.361 e. The minimum atomic E-state index is 0.516. The van der Waals surface area contributed by atoms with Gasteiger partial charge in [-0.3, -0.25) is 0 Å². The molecule has 0 radical (unpaired) electrons. The van der Waals surface area contributed by atoms with Crippen LogP contribution in [0.5, 0.6) is 0 Å². The monoisotopic (exact) mass is 181 g/mol. The summed E-state index contributed by atoms with van der Waals surface area (Å²) in [6.07, 6.45) is 3.99. The minimum absolute atomic E-state index is 0.516. The summed E-state index contributed by atoms with van der Waals surface area (Å²) in [5.74, 6) is 1.52. The van der Waals surface area contributed by atoms with Crippen molar-refractivity contribution in [3.63, 3.8) is 0 Å². The van der Waals surface area contributed by atoms with Gasteiger partial charge in [-0.2, -0.15) is 0 Å². The standard InChI is InChI=1S/C9H15N3O/c10-5-8-6-12-13-9(8)7-1-3-11-4-2-7/h6-7,11H,1-5,10H2. The average Bonchev–Trinajstić information content (AvgIpc) is 2.67. The second-order valence-corrected chi connectivity index (χ2v) is 3.44. The molecule has 1 fully saturated rings.